The molecule has 0 spiro atoms. The summed E-state index contributed by atoms with van der Waals surface area (Å²) in [6.07, 6.45) is 2.21. The van der Waals surface area contributed by atoms with Crippen molar-refractivity contribution >= 4 is 5.91 Å². The molecule has 24 heavy (non-hydrogen) atoms. The Kier molecular flexibility index (Phi) is 4.11. The molecule has 0 aliphatic carbocycles. The molecule has 0 bridgehead atoms. The summed E-state index contributed by atoms with van der Waals surface area (Å²) in [6.45, 7) is 5.87. The van der Waals surface area contributed by atoms with E-state index >= 15 is 0 Å². The molecule has 1 atom stereocenters. The van der Waals surface area contributed by atoms with E-state index in [1.54, 1.807) is 0 Å². The Balaban J connectivity index is 1.44. The third-order valence-electron chi connectivity index (χ3n) is 5.50. The summed E-state index contributed by atoms with van der Waals surface area (Å²) >= 11 is 0. The van der Waals surface area contributed by atoms with Crippen molar-refractivity contribution in [3.05, 3.63) is 70.8 Å². The van der Waals surface area contributed by atoms with Crippen LogP contribution >= 0.6 is 0 Å². The number of nitrogens with zero attached hydrogens (tertiary/aromatic N) is 2. The van der Waals surface area contributed by atoms with Gasteiger partial charge in [0, 0.05) is 37.8 Å². The molecule has 0 aromatic heterocycles. The summed E-state index contributed by atoms with van der Waals surface area (Å²) in [5.74, 6) is 0.188. The van der Waals surface area contributed by atoms with Crippen molar-refractivity contribution in [3.8, 4) is 0 Å². The topological polar surface area (TPSA) is 23.6 Å². The van der Waals surface area contributed by atoms with Crippen LogP contribution in [-0.2, 0) is 13.0 Å². The van der Waals surface area contributed by atoms with Gasteiger partial charge in [0.1, 0.15) is 0 Å². The highest BCUT2D eigenvalue weighted by molar-refractivity contribution is 5.95. The van der Waals surface area contributed by atoms with Crippen LogP contribution in [0.4, 0.5) is 0 Å². The SMILES string of the molecule is Cc1ccccc1C(=O)N1CCC(N2CCc3ccccc3C2)C1. The summed E-state index contributed by atoms with van der Waals surface area (Å²) in [4.78, 5) is 17.4. The maximum Gasteiger partial charge on any atom is 0.254 e. The van der Waals surface area contributed by atoms with Crippen molar-refractivity contribution in [1.29, 1.82) is 0 Å². The minimum absolute atomic E-state index is 0.188. The fraction of sp³-hybridized carbons (Fsp3) is 0.381. The number of benzene rings is 2. The van der Waals surface area contributed by atoms with Crippen LogP contribution in [0.25, 0.3) is 0 Å². The zero-order chi connectivity index (χ0) is 16.5. The predicted octanol–water partition coefficient (Wildman–Crippen LogP) is 3.27. The molecule has 1 saturated heterocycles. The van der Waals surface area contributed by atoms with Crippen LogP contribution in [0.2, 0.25) is 0 Å². The smallest absolute Gasteiger partial charge is 0.254 e. The van der Waals surface area contributed by atoms with E-state index < -0.39 is 0 Å². The largest absolute Gasteiger partial charge is 0.337 e. The Hall–Kier alpha value is -2.13. The molecule has 0 N–H and O–H groups in total. The monoisotopic (exact) mass is 320 g/mol. The first kappa shape index (κ1) is 15.4. The number of carbonyl (C=O) groups is 1. The standard InChI is InChI=1S/C21H24N2O/c1-16-6-2-5-9-20(16)21(24)23-13-11-19(15-23)22-12-10-17-7-3-4-8-18(17)14-22/h2-9,19H,10-15H2,1H3. The van der Waals surface area contributed by atoms with Crippen molar-refractivity contribution in [1.82, 2.24) is 9.80 Å². The maximum atomic E-state index is 12.8. The van der Waals surface area contributed by atoms with Crippen LogP contribution in [0.5, 0.6) is 0 Å². The summed E-state index contributed by atoms with van der Waals surface area (Å²) in [6, 6.07) is 17.1. The van der Waals surface area contributed by atoms with Crippen LogP contribution in [0.15, 0.2) is 48.5 Å². The normalized spacial score (nSPS) is 20.9. The van der Waals surface area contributed by atoms with E-state index in [2.05, 4.69) is 29.2 Å². The van der Waals surface area contributed by atoms with Gasteiger partial charge in [-0.3, -0.25) is 9.69 Å². The minimum atomic E-state index is 0.188. The molecule has 1 amide bonds. The first-order chi connectivity index (χ1) is 11.7. The summed E-state index contributed by atoms with van der Waals surface area (Å²) in [5.41, 5.74) is 4.85. The van der Waals surface area contributed by atoms with Crippen molar-refractivity contribution in [3.63, 3.8) is 0 Å². The fourth-order valence-electron chi connectivity index (χ4n) is 4.04. The van der Waals surface area contributed by atoms with Gasteiger partial charge >= 0.3 is 0 Å². The number of fused-ring (bicyclic) bond motifs is 1. The molecule has 3 nitrogen and oxygen atoms in total. The van der Waals surface area contributed by atoms with E-state index in [0.717, 1.165) is 50.1 Å². The van der Waals surface area contributed by atoms with Gasteiger partial charge in [-0.2, -0.15) is 0 Å². The highest BCUT2D eigenvalue weighted by atomic mass is 16.2. The summed E-state index contributed by atoms with van der Waals surface area (Å²) in [5, 5.41) is 0. The van der Waals surface area contributed by atoms with Gasteiger partial charge in [0.25, 0.3) is 5.91 Å². The van der Waals surface area contributed by atoms with Crippen LogP contribution in [0, 0.1) is 6.92 Å². The lowest BCUT2D eigenvalue weighted by molar-refractivity contribution is 0.0772. The van der Waals surface area contributed by atoms with Crippen molar-refractivity contribution < 1.29 is 4.79 Å². The van der Waals surface area contributed by atoms with E-state index in [-0.39, 0.29) is 5.91 Å². The number of carbonyl (C=O) groups excluding carboxylic acids is 1. The molecular weight excluding hydrogens is 296 g/mol. The number of hydrogen-bond acceptors (Lipinski definition) is 2. The third kappa shape index (κ3) is 2.84. The van der Waals surface area contributed by atoms with Crippen LogP contribution < -0.4 is 0 Å². The lowest BCUT2D eigenvalue weighted by Gasteiger charge is -2.33. The molecule has 2 heterocycles. The van der Waals surface area contributed by atoms with Crippen LogP contribution in [-0.4, -0.2) is 41.4 Å². The zero-order valence-electron chi connectivity index (χ0n) is 14.2. The number of hydrogen-bond donors (Lipinski definition) is 0. The van der Waals surface area contributed by atoms with E-state index in [9.17, 15) is 4.79 Å². The molecule has 0 radical (unpaired) electrons. The molecule has 0 saturated carbocycles. The lowest BCUT2D eigenvalue weighted by atomic mass is 9.98. The van der Waals surface area contributed by atoms with E-state index in [0.29, 0.717) is 6.04 Å². The number of likely N-dealkylation sites (tertiary alicyclic amines) is 1. The molecule has 2 aliphatic rings. The van der Waals surface area contributed by atoms with E-state index in [1.807, 2.05) is 36.1 Å². The average Bonchev–Trinajstić information content (AvgIpc) is 3.11. The molecule has 4 rings (SSSR count). The molecule has 3 heteroatoms. The summed E-state index contributed by atoms with van der Waals surface area (Å²) in [7, 11) is 0. The Morgan fingerprint density at radius 3 is 2.58 bits per heavy atom. The maximum absolute atomic E-state index is 12.8. The first-order valence-electron chi connectivity index (χ1n) is 8.88. The first-order valence-corrected chi connectivity index (χ1v) is 8.88. The number of rotatable bonds is 2. The molecule has 124 valence electrons. The van der Waals surface area contributed by atoms with Gasteiger partial charge < -0.3 is 4.90 Å². The van der Waals surface area contributed by atoms with Gasteiger partial charge in [-0.05, 0) is 42.5 Å². The Morgan fingerprint density at radius 1 is 1.00 bits per heavy atom. The predicted molar refractivity (Wildman–Crippen MR) is 96.0 cm³/mol. The molecule has 2 aliphatic heterocycles. The third-order valence-corrected chi connectivity index (χ3v) is 5.50. The second kappa shape index (κ2) is 6.40. The highest BCUT2D eigenvalue weighted by Crippen LogP contribution is 2.25. The summed E-state index contributed by atoms with van der Waals surface area (Å²) < 4.78 is 0. The van der Waals surface area contributed by atoms with E-state index in [4.69, 9.17) is 0 Å². The Bertz CT molecular complexity index is 755. The number of aryl methyl sites for hydroxylation is 1. The second-order valence-corrected chi connectivity index (χ2v) is 7.00. The van der Waals surface area contributed by atoms with Crippen molar-refractivity contribution in [2.75, 3.05) is 19.6 Å². The van der Waals surface area contributed by atoms with Gasteiger partial charge in [-0.1, -0.05) is 42.5 Å². The minimum Gasteiger partial charge on any atom is -0.337 e. The Morgan fingerprint density at radius 2 is 1.75 bits per heavy atom. The molecular formula is C21H24N2O. The van der Waals surface area contributed by atoms with Gasteiger partial charge in [0.2, 0.25) is 0 Å². The van der Waals surface area contributed by atoms with Crippen molar-refractivity contribution in [2.24, 2.45) is 0 Å². The molecule has 1 fully saturated rings. The quantitative estimate of drug-likeness (QED) is 0.848. The number of amides is 1. The van der Waals surface area contributed by atoms with Crippen molar-refractivity contribution in [2.45, 2.75) is 32.4 Å². The lowest BCUT2D eigenvalue weighted by Crippen LogP contribution is -2.41. The second-order valence-electron chi connectivity index (χ2n) is 7.00. The zero-order valence-corrected chi connectivity index (χ0v) is 14.2. The molecule has 2 aromatic rings. The van der Waals surface area contributed by atoms with E-state index in [1.165, 1.54) is 11.1 Å². The van der Waals surface area contributed by atoms with Gasteiger partial charge in [-0.15, -0.1) is 0 Å². The van der Waals surface area contributed by atoms with Crippen LogP contribution in [0.3, 0.4) is 0 Å². The molecule has 1 unspecified atom stereocenters. The van der Waals surface area contributed by atoms with Gasteiger partial charge in [0.15, 0.2) is 0 Å². The fourth-order valence-corrected chi connectivity index (χ4v) is 4.04. The van der Waals surface area contributed by atoms with Crippen LogP contribution in [0.1, 0.15) is 33.5 Å². The highest BCUT2D eigenvalue weighted by Gasteiger charge is 2.32. The molecule has 2 aromatic carbocycles. The Labute approximate surface area is 143 Å². The van der Waals surface area contributed by atoms with Gasteiger partial charge in [0.05, 0.1) is 0 Å². The average molecular weight is 320 g/mol. The van der Waals surface area contributed by atoms with Gasteiger partial charge in [-0.25, -0.2) is 0 Å².